The Morgan fingerprint density at radius 3 is 2.74 bits per heavy atom. The number of aromatic amines is 1. The first-order valence-electron chi connectivity index (χ1n) is 7.36. The molecule has 3 rings (SSSR count). The number of aryl methyl sites for hydroxylation is 2. The van der Waals surface area contributed by atoms with Crippen molar-refractivity contribution in [3.8, 4) is 0 Å². The van der Waals surface area contributed by atoms with Crippen molar-refractivity contribution in [1.82, 2.24) is 35.9 Å². The van der Waals surface area contributed by atoms with Crippen LogP contribution in [-0.4, -0.2) is 50.2 Å². The molecular formula is C13H22Cl2N8. The Labute approximate surface area is 147 Å². The quantitative estimate of drug-likeness (QED) is 0.679. The Balaban J connectivity index is 0.00000132. The molecule has 1 aliphatic heterocycles. The summed E-state index contributed by atoms with van der Waals surface area (Å²) >= 11 is 0. The maximum Gasteiger partial charge on any atom is 0.174 e. The van der Waals surface area contributed by atoms with E-state index in [1.54, 1.807) is 0 Å². The summed E-state index contributed by atoms with van der Waals surface area (Å²) in [5, 5.41) is 20.8. The van der Waals surface area contributed by atoms with Crippen molar-refractivity contribution < 1.29 is 0 Å². The number of tetrazole rings is 1. The van der Waals surface area contributed by atoms with E-state index in [9.17, 15) is 0 Å². The first kappa shape index (κ1) is 19.5. The minimum absolute atomic E-state index is 0. The summed E-state index contributed by atoms with van der Waals surface area (Å²) in [6, 6.07) is 0. The van der Waals surface area contributed by atoms with Crippen LogP contribution in [0.5, 0.6) is 0 Å². The van der Waals surface area contributed by atoms with E-state index in [0.29, 0.717) is 0 Å². The van der Waals surface area contributed by atoms with E-state index < -0.39 is 0 Å². The Hall–Kier alpha value is -1.51. The fraction of sp³-hybridized carbons (Fsp3) is 0.615. The number of hydrogen-bond acceptors (Lipinski definition) is 7. The SMILES string of the molecule is Cc1nc2c(c(NCCCc3nn[nH]n3)n1)CCNCC2.Cl.Cl. The number of nitrogens with zero attached hydrogens (tertiary/aromatic N) is 5. The van der Waals surface area contributed by atoms with Gasteiger partial charge in [0.25, 0.3) is 0 Å². The summed E-state index contributed by atoms with van der Waals surface area (Å²) in [4.78, 5) is 9.14. The zero-order chi connectivity index (χ0) is 14.5. The van der Waals surface area contributed by atoms with Crippen molar-refractivity contribution in [2.45, 2.75) is 32.6 Å². The number of hydrogen-bond donors (Lipinski definition) is 3. The van der Waals surface area contributed by atoms with Crippen LogP contribution in [0.25, 0.3) is 0 Å². The molecule has 3 N–H and O–H groups in total. The van der Waals surface area contributed by atoms with Crippen molar-refractivity contribution in [2.24, 2.45) is 0 Å². The lowest BCUT2D eigenvalue weighted by molar-refractivity contribution is 0.708. The van der Waals surface area contributed by atoms with E-state index in [2.05, 4.69) is 41.2 Å². The van der Waals surface area contributed by atoms with Gasteiger partial charge >= 0.3 is 0 Å². The predicted octanol–water partition coefficient (Wildman–Crippen LogP) is 0.875. The molecular weight excluding hydrogens is 339 g/mol. The summed E-state index contributed by atoms with van der Waals surface area (Å²) < 4.78 is 0. The molecule has 10 heteroatoms. The summed E-state index contributed by atoms with van der Waals surface area (Å²) in [5.41, 5.74) is 2.43. The Morgan fingerprint density at radius 2 is 1.96 bits per heavy atom. The predicted molar refractivity (Wildman–Crippen MR) is 92.5 cm³/mol. The van der Waals surface area contributed by atoms with E-state index in [-0.39, 0.29) is 24.8 Å². The van der Waals surface area contributed by atoms with Crippen LogP contribution in [0.4, 0.5) is 5.82 Å². The minimum Gasteiger partial charge on any atom is -0.370 e. The molecule has 0 bridgehead atoms. The minimum atomic E-state index is 0. The van der Waals surface area contributed by atoms with Crippen molar-refractivity contribution in [1.29, 1.82) is 0 Å². The molecule has 0 amide bonds. The lowest BCUT2D eigenvalue weighted by Gasteiger charge is -2.13. The third-order valence-corrected chi connectivity index (χ3v) is 3.55. The van der Waals surface area contributed by atoms with Gasteiger partial charge in [-0.1, -0.05) is 5.21 Å². The molecule has 0 radical (unpaired) electrons. The topological polar surface area (TPSA) is 104 Å². The number of H-pyrrole nitrogens is 1. The van der Waals surface area contributed by atoms with E-state index in [1.165, 1.54) is 11.3 Å². The highest BCUT2D eigenvalue weighted by Crippen LogP contribution is 2.19. The number of fused-ring (bicyclic) bond motifs is 1. The van der Waals surface area contributed by atoms with E-state index in [1.807, 2.05) is 6.92 Å². The van der Waals surface area contributed by atoms with Crippen LogP contribution in [-0.2, 0) is 19.3 Å². The van der Waals surface area contributed by atoms with Gasteiger partial charge in [0, 0.05) is 31.5 Å². The molecule has 3 heterocycles. The van der Waals surface area contributed by atoms with Crippen LogP contribution in [0.3, 0.4) is 0 Å². The number of nitrogens with one attached hydrogen (secondary N) is 3. The molecule has 0 saturated heterocycles. The molecule has 0 saturated carbocycles. The second-order valence-corrected chi connectivity index (χ2v) is 5.15. The van der Waals surface area contributed by atoms with Crippen molar-refractivity contribution in [3.63, 3.8) is 0 Å². The Bertz CT molecular complexity index is 590. The van der Waals surface area contributed by atoms with Gasteiger partial charge < -0.3 is 10.6 Å². The van der Waals surface area contributed by atoms with E-state index in [4.69, 9.17) is 0 Å². The average molecular weight is 361 g/mol. The van der Waals surface area contributed by atoms with Crippen molar-refractivity contribution >= 4 is 30.6 Å². The Kier molecular flexibility index (Phi) is 8.15. The van der Waals surface area contributed by atoms with Crippen molar-refractivity contribution in [2.75, 3.05) is 25.0 Å². The Morgan fingerprint density at radius 1 is 1.13 bits per heavy atom. The van der Waals surface area contributed by atoms with Gasteiger partial charge in [-0.05, 0) is 26.3 Å². The zero-order valence-corrected chi connectivity index (χ0v) is 14.6. The first-order chi connectivity index (χ1) is 10.3. The van der Waals surface area contributed by atoms with Gasteiger partial charge in [0.05, 0.1) is 5.69 Å². The maximum absolute atomic E-state index is 4.58. The van der Waals surface area contributed by atoms with Gasteiger partial charge in [-0.3, -0.25) is 0 Å². The van der Waals surface area contributed by atoms with Gasteiger partial charge in [0.15, 0.2) is 5.82 Å². The molecule has 0 aromatic carbocycles. The van der Waals surface area contributed by atoms with E-state index in [0.717, 1.165) is 62.8 Å². The molecule has 2 aromatic heterocycles. The highest BCUT2D eigenvalue weighted by molar-refractivity contribution is 5.85. The number of aromatic nitrogens is 6. The smallest absolute Gasteiger partial charge is 0.174 e. The van der Waals surface area contributed by atoms with Crippen LogP contribution >= 0.6 is 24.8 Å². The van der Waals surface area contributed by atoms with Gasteiger partial charge in [-0.2, -0.15) is 5.21 Å². The number of rotatable bonds is 5. The highest BCUT2D eigenvalue weighted by Gasteiger charge is 2.15. The first-order valence-corrected chi connectivity index (χ1v) is 7.36. The van der Waals surface area contributed by atoms with E-state index >= 15 is 0 Å². The molecule has 1 aliphatic rings. The van der Waals surface area contributed by atoms with Crippen LogP contribution < -0.4 is 10.6 Å². The van der Waals surface area contributed by atoms with Gasteiger partial charge in [0.1, 0.15) is 11.6 Å². The maximum atomic E-state index is 4.58. The summed E-state index contributed by atoms with van der Waals surface area (Å²) in [6.07, 6.45) is 3.69. The van der Waals surface area contributed by atoms with Crippen LogP contribution in [0.15, 0.2) is 0 Å². The lowest BCUT2D eigenvalue weighted by Crippen LogP contribution is -2.16. The van der Waals surface area contributed by atoms with Gasteiger partial charge in [-0.25, -0.2) is 9.97 Å². The fourth-order valence-electron chi connectivity index (χ4n) is 2.56. The molecule has 0 spiro atoms. The fourth-order valence-corrected chi connectivity index (χ4v) is 2.56. The van der Waals surface area contributed by atoms with Crippen LogP contribution in [0, 0.1) is 6.92 Å². The summed E-state index contributed by atoms with van der Waals surface area (Å²) in [5.74, 6) is 2.56. The largest absolute Gasteiger partial charge is 0.370 e. The molecule has 0 fully saturated rings. The molecule has 2 aromatic rings. The number of halogens is 2. The summed E-state index contributed by atoms with van der Waals surface area (Å²) in [6.45, 7) is 4.76. The van der Waals surface area contributed by atoms with Gasteiger partial charge in [-0.15, -0.1) is 35.0 Å². The molecule has 128 valence electrons. The average Bonchev–Trinajstić information content (AvgIpc) is 2.88. The third kappa shape index (κ3) is 5.26. The summed E-state index contributed by atoms with van der Waals surface area (Å²) in [7, 11) is 0. The van der Waals surface area contributed by atoms with Crippen molar-refractivity contribution in [3.05, 3.63) is 22.9 Å². The third-order valence-electron chi connectivity index (χ3n) is 3.55. The monoisotopic (exact) mass is 360 g/mol. The second-order valence-electron chi connectivity index (χ2n) is 5.15. The lowest BCUT2D eigenvalue weighted by atomic mass is 10.1. The molecule has 0 unspecified atom stereocenters. The number of anilines is 1. The molecule has 8 nitrogen and oxygen atoms in total. The molecule has 0 aliphatic carbocycles. The zero-order valence-electron chi connectivity index (χ0n) is 13.0. The second kappa shape index (κ2) is 9.59. The van der Waals surface area contributed by atoms with Crippen LogP contribution in [0.2, 0.25) is 0 Å². The van der Waals surface area contributed by atoms with Gasteiger partial charge in [0.2, 0.25) is 0 Å². The van der Waals surface area contributed by atoms with Crippen LogP contribution in [0.1, 0.15) is 29.3 Å². The standard InChI is InChI=1S/C13H20N8.2ClH/c1-9-16-11-5-8-14-7-4-10(11)13(17-9)15-6-2-3-12-18-20-21-19-12;;/h14H,2-8H2,1H3,(H,15,16,17)(H,18,19,20,21);2*1H. The molecule has 0 atom stereocenters. The highest BCUT2D eigenvalue weighted by atomic mass is 35.5. The molecule has 23 heavy (non-hydrogen) atoms. The normalized spacial score (nSPS) is 13.3.